The first-order valence-corrected chi connectivity index (χ1v) is 7.12. The molecule has 0 spiro atoms. The number of likely N-dealkylation sites (tertiary alicyclic amines) is 1. The van der Waals surface area contributed by atoms with Crippen LogP contribution in [0.4, 0.5) is 0 Å². The number of hydrogen-bond donors (Lipinski definition) is 1. The van der Waals surface area contributed by atoms with Gasteiger partial charge in [-0.05, 0) is 41.9 Å². The average molecular weight is 286 g/mol. The maximum Gasteiger partial charge on any atom is 0.234 e. The van der Waals surface area contributed by atoms with Crippen molar-refractivity contribution in [3.63, 3.8) is 0 Å². The zero-order valence-electron chi connectivity index (χ0n) is 11.7. The first kappa shape index (κ1) is 13.7. The molecule has 1 atom stereocenters. The topological polar surface area (TPSA) is 89.9 Å². The molecular weight excluding hydrogens is 268 g/mol. The molecule has 3 rings (SSSR count). The molecular formula is C14H18N6O. The van der Waals surface area contributed by atoms with Crippen molar-refractivity contribution in [1.29, 1.82) is 0 Å². The van der Waals surface area contributed by atoms with Crippen molar-refractivity contribution in [2.75, 3.05) is 6.54 Å². The van der Waals surface area contributed by atoms with Gasteiger partial charge in [0.05, 0.1) is 18.3 Å². The second-order valence-corrected chi connectivity index (χ2v) is 5.23. The van der Waals surface area contributed by atoms with E-state index in [0.29, 0.717) is 12.4 Å². The molecule has 2 heterocycles. The number of nitrogens with two attached hydrogens (primary N) is 1. The molecule has 0 unspecified atom stereocenters. The summed E-state index contributed by atoms with van der Waals surface area (Å²) in [5, 5.41) is 11.9. The lowest BCUT2D eigenvalue weighted by atomic mass is 10.0. The Morgan fingerprint density at radius 3 is 2.86 bits per heavy atom. The number of tetrazole rings is 1. The lowest BCUT2D eigenvalue weighted by Crippen LogP contribution is -2.47. The Hall–Kier alpha value is -2.28. The van der Waals surface area contributed by atoms with Gasteiger partial charge in [-0.3, -0.25) is 9.69 Å². The third kappa shape index (κ3) is 2.92. The number of para-hydroxylation sites is 1. The van der Waals surface area contributed by atoms with Gasteiger partial charge >= 0.3 is 0 Å². The van der Waals surface area contributed by atoms with E-state index in [2.05, 4.69) is 20.4 Å². The summed E-state index contributed by atoms with van der Waals surface area (Å²) in [5.41, 5.74) is 6.40. The van der Waals surface area contributed by atoms with Crippen LogP contribution in [0.2, 0.25) is 0 Å². The number of piperidine rings is 1. The fourth-order valence-electron chi connectivity index (χ4n) is 2.76. The van der Waals surface area contributed by atoms with Gasteiger partial charge in [0.1, 0.15) is 0 Å². The van der Waals surface area contributed by atoms with E-state index in [0.717, 1.165) is 31.5 Å². The van der Waals surface area contributed by atoms with Crippen molar-refractivity contribution in [2.45, 2.75) is 31.8 Å². The minimum absolute atomic E-state index is 0.223. The monoisotopic (exact) mass is 286 g/mol. The number of primary amides is 1. The van der Waals surface area contributed by atoms with Crippen molar-refractivity contribution >= 4 is 5.91 Å². The van der Waals surface area contributed by atoms with E-state index < -0.39 is 0 Å². The lowest BCUT2D eigenvalue weighted by molar-refractivity contribution is -0.124. The summed E-state index contributed by atoms with van der Waals surface area (Å²) < 4.78 is 1.70. The van der Waals surface area contributed by atoms with Gasteiger partial charge < -0.3 is 5.73 Å². The minimum atomic E-state index is -0.270. The van der Waals surface area contributed by atoms with E-state index in [-0.39, 0.29) is 11.9 Å². The molecule has 0 aliphatic carbocycles. The van der Waals surface area contributed by atoms with Gasteiger partial charge in [0, 0.05) is 0 Å². The van der Waals surface area contributed by atoms with Crippen molar-refractivity contribution in [3.8, 4) is 5.69 Å². The van der Waals surface area contributed by atoms with E-state index in [9.17, 15) is 4.79 Å². The number of hydrogen-bond acceptors (Lipinski definition) is 5. The van der Waals surface area contributed by atoms with Crippen LogP contribution in [-0.2, 0) is 11.3 Å². The van der Waals surface area contributed by atoms with Gasteiger partial charge in [0.2, 0.25) is 5.91 Å². The molecule has 0 radical (unpaired) electrons. The molecule has 7 nitrogen and oxygen atoms in total. The van der Waals surface area contributed by atoms with Crippen molar-refractivity contribution in [1.82, 2.24) is 25.1 Å². The third-order valence-corrected chi connectivity index (χ3v) is 3.82. The summed E-state index contributed by atoms with van der Waals surface area (Å²) in [5.74, 6) is 0.447. The number of amides is 1. The van der Waals surface area contributed by atoms with Crippen LogP contribution in [0.5, 0.6) is 0 Å². The van der Waals surface area contributed by atoms with E-state index in [1.165, 1.54) is 0 Å². The summed E-state index contributed by atoms with van der Waals surface area (Å²) in [6.07, 6.45) is 2.91. The maximum atomic E-state index is 11.6. The van der Waals surface area contributed by atoms with Gasteiger partial charge in [0.25, 0.3) is 0 Å². The Labute approximate surface area is 122 Å². The molecule has 1 aliphatic heterocycles. The van der Waals surface area contributed by atoms with Gasteiger partial charge in [-0.1, -0.05) is 24.6 Å². The van der Waals surface area contributed by atoms with Gasteiger partial charge in [0.15, 0.2) is 5.82 Å². The van der Waals surface area contributed by atoms with Crippen LogP contribution in [-0.4, -0.2) is 43.6 Å². The van der Waals surface area contributed by atoms with Crippen LogP contribution < -0.4 is 5.73 Å². The molecule has 2 aromatic rings. The Morgan fingerprint density at radius 1 is 1.29 bits per heavy atom. The van der Waals surface area contributed by atoms with E-state index in [4.69, 9.17) is 5.73 Å². The molecule has 0 saturated carbocycles. The van der Waals surface area contributed by atoms with E-state index in [1.54, 1.807) is 4.68 Å². The number of benzene rings is 1. The largest absolute Gasteiger partial charge is 0.368 e. The molecule has 1 aromatic carbocycles. The Kier molecular flexibility index (Phi) is 3.92. The Bertz CT molecular complexity index is 611. The Balaban J connectivity index is 1.82. The standard InChI is InChI=1S/C14H18N6O/c15-14(21)12-8-4-5-9-19(12)10-13-16-17-18-20(13)11-6-2-1-3-7-11/h1-3,6-7,12H,4-5,8-10H2,(H2,15,21)/t12-/m1/s1. The van der Waals surface area contributed by atoms with Gasteiger partial charge in [-0.15, -0.1) is 5.10 Å². The predicted octanol–water partition coefficient (Wildman–Crippen LogP) is 0.502. The Morgan fingerprint density at radius 2 is 2.10 bits per heavy atom. The zero-order valence-corrected chi connectivity index (χ0v) is 11.7. The first-order valence-electron chi connectivity index (χ1n) is 7.12. The highest BCUT2D eigenvalue weighted by atomic mass is 16.1. The summed E-state index contributed by atoms with van der Waals surface area (Å²) in [6.45, 7) is 1.37. The number of carbonyl (C=O) groups is 1. The molecule has 7 heteroatoms. The lowest BCUT2D eigenvalue weighted by Gasteiger charge is -2.32. The summed E-state index contributed by atoms with van der Waals surface area (Å²) in [6, 6.07) is 9.49. The van der Waals surface area contributed by atoms with Crippen LogP contribution in [0, 0.1) is 0 Å². The fraction of sp³-hybridized carbons (Fsp3) is 0.429. The highest BCUT2D eigenvalue weighted by Gasteiger charge is 2.28. The molecule has 110 valence electrons. The summed E-state index contributed by atoms with van der Waals surface area (Å²) in [7, 11) is 0. The maximum absolute atomic E-state index is 11.6. The van der Waals surface area contributed by atoms with Gasteiger partial charge in [-0.2, -0.15) is 4.68 Å². The second-order valence-electron chi connectivity index (χ2n) is 5.23. The van der Waals surface area contributed by atoms with Crippen LogP contribution in [0.1, 0.15) is 25.1 Å². The SMILES string of the molecule is NC(=O)[C@H]1CCCCN1Cc1nnnn1-c1ccccc1. The van der Waals surface area contributed by atoms with Crippen molar-refractivity contribution in [3.05, 3.63) is 36.2 Å². The number of rotatable bonds is 4. The highest BCUT2D eigenvalue weighted by molar-refractivity contribution is 5.79. The van der Waals surface area contributed by atoms with Crippen LogP contribution in [0.25, 0.3) is 5.69 Å². The zero-order chi connectivity index (χ0) is 14.7. The average Bonchev–Trinajstić information content (AvgIpc) is 2.96. The predicted molar refractivity (Wildman–Crippen MR) is 76.4 cm³/mol. The van der Waals surface area contributed by atoms with E-state index >= 15 is 0 Å². The van der Waals surface area contributed by atoms with Crippen LogP contribution in [0.3, 0.4) is 0 Å². The quantitative estimate of drug-likeness (QED) is 0.884. The second kappa shape index (κ2) is 6.01. The molecule has 21 heavy (non-hydrogen) atoms. The van der Waals surface area contributed by atoms with Crippen LogP contribution in [0.15, 0.2) is 30.3 Å². The normalized spacial score (nSPS) is 19.5. The van der Waals surface area contributed by atoms with E-state index in [1.807, 2.05) is 30.3 Å². The number of aromatic nitrogens is 4. The fourth-order valence-corrected chi connectivity index (χ4v) is 2.76. The smallest absolute Gasteiger partial charge is 0.234 e. The van der Waals surface area contributed by atoms with Gasteiger partial charge in [-0.25, -0.2) is 0 Å². The van der Waals surface area contributed by atoms with Crippen molar-refractivity contribution < 1.29 is 4.79 Å². The minimum Gasteiger partial charge on any atom is -0.368 e. The molecule has 2 N–H and O–H groups in total. The first-order chi connectivity index (χ1) is 10.3. The van der Waals surface area contributed by atoms with Crippen molar-refractivity contribution in [2.24, 2.45) is 5.73 Å². The summed E-state index contributed by atoms with van der Waals surface area (Å²) >= 11 is 0. The molecule has 0 bridgehead atoms. The molecule has 1 aliphatic rings. The van der Waals surface area contributed by atoms with Crippen LogP contribution >= 0.6 is 0 Å². The molecule has 1 saturated heterocycles. The molecule has 1 fully saturated rings. The summed E-state index contributed by atoms with van der Waals surface area (Å²) in [4.78, 5) is 13.6. The number of nitrogens with zero attached hydrogens (tertiary/aromatic N) is 5. The third-order valence-electron chi connectivity index (χ3n) is 3.82. The molecule has 1 aromatic heterocycles. The highest BCUT2D eigenvalue weighted by Crippen LogP contribution is 2.19. The number of carbonyl (C=O) groups excluding carboxylic acids is 1. The molecule has 1 amide bonds.